The van der Waals surface area contributed by atoms with E-state index in [9.17, 15) is 0 Å². The maximum atomic E-state index is 7.05. The molecular weight excluding hydrogens is 617 g/mol. The van der Waals surface area contributed by atoms with Crippen LogP contribution in [-0.2, 0) is 10.8 Å². The predicted octanol–water partition coefficient (Wildman–Crippen LogP) is 12.2. The molecule has 0 saturated carbocycles. The zero-order valence-electron chi connectivity index (χ0n) is 27.9. The maximum absolute atomic E-state index is 7.05. The lowest BCUT2D eigenvalue weighted by Crippen LogP contribution is -2.32. The third-order valence-electron chi connectivity index (χ3n) is 11.6. The molecular formula is C50H32O. The highest BCUT2D eigenvalue weighted by molar-refractivity contribution is 5.93. The van der Waals surface area contributed by atoms with Crippen LogP contribution in [0.2, 0.25) is 0 Å². The van der Waals surface area contributed by atoms with Gasteiger partial charge in [-0.25, -0.2) is 0 Å². The van der Waals surface area contributed by atoms with Crippen LogP contribution in [0.4, 0.5) is 0 Å². The van der Waals surface area contributed by atoms with Gasteiger partial charge in [0.25, 0.3) is 0 Å². The normalized spacial score (nSPS) is 14.7. The SMILES string of the molecule is c1ccc(C2(c3ccccc3)c3ccccc3-c3cc(-c4cccc5c4Oc4ccccc4C54c5ccccc5-c5ccccc54)ccc32)cc1. The number of hydrogen-bond donors (Lipinski definition) is 0. The van der Waals surface area contributed by atoms with E-state index in [1.165, 1.54) is 66.8 Å². The first-order valence-electron chi connectivity index (χ1n) is 17.8. The summed E-state index contributed by atoms with van der Waals surface area (Å²) in [7, 11) is 0. The van der Waals surface area contributed by atoms with E-state index in [1.54, 1.807) is 0 Å². The average Bonchev–Trinajstić information content (AvgIpc) is 3.67. The van der Waals surface area contributed by atoms with Crippen molar-refractivity contribution in [3.8, 4) is 44.9 Å². The molecule has 0 unspecified atom stereocenters. The monoisotopic (exact) mass is 648 g/mol. The van der Waals surface area contributed by atoms with Crippen molar-refractivity contribution < 1.29 is 4.74 Å². The summed E-state index contributed by atoms with van der Waals surface area (Å²) in [6.07, 6.45) is 0. The van der Waals surface area contributed by atoms with Crippen molar-refractivity contribution in [3.05, 3.63) is 239 Å². The van der Waals surface area contributed by atoms with E-state index >= 15 is 0 Å². The molecule has 8 aromatic carbocycles. The summed E-state index contributed by atoms with van der Waals surface area (Å²) in [5.74, 6) is 1.83. The molecule has 1 aliphatic heterocycles. The van der Waals surface area contributed by atoms with Crippen molar-refractivity contribution in [1.82, 2.24) is 0 Å². The van der Waals surface area contributed by atoms with Gasteiger partial charge in [0.1, 0.15) is 11.5 Å². The van der Waals surface area contributed by atoms with Crippen LogP contribution >= 0.6 is 0 Å². The Labute approximate surface area is 298 Å². The summed E-state index contributed by atoms with van der Waals surface area (Å²) in [5.41, 5.74) is 16.6. The van der Waals surface area contributed by atoms with Crippen LogP contribution in [0.3, 0.4) is 0 Å². The first kappa shape index (κ1) is 28.4. The Bertz CT molecular complexity index is 2580. The Hall–Kier alpha value is -6.44. The van der Waals surface area contributed by atoms with Crippen LogP contribution in [0, 0.1) is 0 Å². The highest BCUT2D eigenvalue weighted by Gasteiger charge is 2.51. The Morgan fingerprint density at radius 3 is 1.37 bits per heavy atom. The van der Waals surface area contributed by atoms with Gasteiger partial charge >= 0.3 is 0 Å². The quantitative estimate of drug-likeness (QED) is 0.185. The van der Waals surface area contributed by atoms with Gasteiger partial charge in [-0.15, -0.1) is 0 Å². The molecule has 238 valence electrons. The maximum Gasteiger partial charge on any atom is 0.140 e. The fourth-order valence-corrected chi connectivity index (χ4v) is 9.72. The lowest BCUT2D eigenvalue weighted by Gasteiger charge is -2.40. The largest absolute Gasteiger partial charge is 0.456 e. The number of benzene rings is 8. The van der Waals surface area contributed by atoms with Gasteiger partial charge < -0.3 is 4.74 Å². The van der Waals surface area contributed by atoms with E-state index in [0.29, 0.717) is 0 Å². The van der Waals surface area contributed by atoms with Crippen LogP contribution in [0.5, 0.6) is 11.5 Å². The van der Waals surface area contributed by atoms with Crippen molar-refractivity contribution in [3.63, 3.8) is 0 Å². The van der Waals surface area contributed by atoms with Gasteiger partial charge in [0.05, 0.1) is 10.8 Å². The average molecular weight is 649 g/mol. The second-order valence-corrected chi connectivity index (χ2v) is 13.9. The van der Waals surface area contributed by atoms with Crippen molar-refractivity contribution >= 4 is 0 Å². The summed E-state index contributed by atoms with van der Waals surface area (Å²) in [4.78, 5) is 0. The minimum Gasteiger partial charge on any atom is -0.456 e. The van der Waals surface area contributed by atoms with Crippen molar-refractivity contribution in [2.75, 3.05) is 0 Å². The first-order valence-corrected chi connectivity index (χ1v) is 17.8. The van der Waals surface area contributed by atoms with E-state index < -0.39 is 10.8 Å². The molecule has 1 heterocycles. The summed E-state index contributed by atoms with van der Waals surface area (Å²) in [6, 6.07) is 71.2. The second kappa shape index (κ2) is 10.5. The van der Waals surface area contributed by atoms with Crippen LogP contribution in [0.25, 0.3) is 33.4 Å². The molecule has 11 rings (SSSR count). The minimum absolute atomic E-state index is 0.431. The lowest BCUT2D eigenvalue weighted by molar-refractivity contribution is 0.438. The molecule has 0 bridgehead atoms. The fourth-order valence-electron chi connectivity index (χ4n) is 9.72. The summed E-state index contributed by atoms with van der Waals surface area (Å²) < 4.78 is 7.05. The number of hydrogen-bond acceptors (Lipinski definition) is 1. The molecule has 1 spiro atoms. The third-order valence-corrected chi connectivity index (χ3v) is 11.6. The zero-order chi connectivity index (χ0) is 33.6. The van der Waals surface area contributed by atoms with Gasteiger partial charge in [0, 0.05) is 16.7 Å². The number of rotatable bonds is 3. The summed E-state index contributed by atoms with van der Waals surface area (Å²) in [5, 5.41) is 0. The summed E-state index contributed by atoms with van der Waals surface area (Å²) in [6.45, 7) is 0. The van der Waals surface area contributed by atoms with Gasteiger partial charge in [0.2, 0.25) is 0 Å². The molecule has 0 radical (unpaired) electrons. The van der Waals surface area contributed by atoms with E-state index in [4.69, 9.17) is 4.74 Å². The number of ether oxygens (including phenoxy) is 1. The van der Waals surface area contributed by atoms with E-state index in [0.717, 1.165) is 22.6 Å². The molecule has 0 aromatic heterocycles. The van der Waals surface area contributed by atoms with E-state index in [2.05, 4.69) is 194 Å². The van der Waals surface area contributed by atoms with Crippen LogP contribution in [-0.4, -0.2) is 0 Å². The van der Waals surface area contributed by atoms with Crippen molar-refractivity contribution in [2.45, 2.75) is 10.8 Å². The van der Waals surface area contributed by atoms with Crippen LogP contribution in [0.15, 0.2) is 194 Å². The summed E-state index contributed by atoms with van der Waals surface area (Å²) >= 11 is 0. The van der Waals surface area contributed by atoms with Gasteiger partial charge in [-0.2, -0.15) is 0 Å². The van der Waals surface area contributed by atoms with Crippen LogP contribution in [0.1, 0.15) is 44.5 Å². The topological polar surface area (TPSA) is 9.23 Å². The molecule has 0 atom stereocenters. The molecule has 0 fully saturated rings. The second-order valence-electron chi connectivity index (χ2n) is 13.9. The molecule has 0 amide bonds. The Morgan fingerprint density at radius 2 is 0.745 bits per heavy atom. The Balaban J connectivity index is 1.18. The number of para-hydroxylation sites is 2. The molecule has 8 aromatic rings. The van der Waals surface area contributed by atoms with Crippen molar-refractivity contribution in [1.29, 1.82) is 0 Å². The van der Waals surface area contributed by atoms with Crippen LogP contribution < -0.4 is 4.74 Å². The highest BCUT2D eigenvalue weighted by atomic mass is 16.5. The minimum atomic E-state index is -0.494. The van der Waals surface area contributed by atoms with E-state index in [1.807, 2.05) is 0 Å². The fraction of sp³-hybridized carbons (Fsp3) is 0.0400. The molecule has 1 heteroatoms. The standard InChI is InChI=1S/C50H32O/c1-3-16-34(17-4-1)49(35-18-5-2-6-19-35)41-24-10-9-22-39(41)40-32-33(30-31-44(40)49)36-23-15-28-46-48(36)51-47-29-14-13-27-45(47)50(46)42-25-11-7-20-37(42)38-21-8-12-26-43(38)50/h1-32H. The van der Waals surface area contributed by atoms with Crippen molar-refractivity contribution in [2.24, 2.45) is 0 Å². The Morgan fingerprint density at radius 1 is 0.294 bits per heavy atom. The highest BCUT2D eigenvalue weighted by Crippen LogP contribution is 2.63. The van der Waals surface area contributed by atoms with Gasteiger partial charge in [-0.3, -0.25) is 0 Å². The molecule has 0 saturated heterocycles. The smallest absolute Gasteiger partial charge is 0.140 e. The molecule has 3 aliphatic rings. The van der Waals surface area contributed by atoms with Gasteiger partial charge in [-0.05, 0) is 73.3 Å². The van der Waals surface area contributed by atoms with E-state index in [-0.39, 0.29) is 0 Å². The van der Waals surface area contributed by atoms with Gasteiger partial charge in [0.15, 0.2) is 0 Å². The predicted molar refractivity (Wildman–Crippen MR) is 207 cm³/mol. The third kappa shape index (κ3) is 3.60. The number of fused-ring (bicyclic) bond motifs is 12. The first-order chi connectivity index (χ1) is 25.3. The Kier molecular flexibility index (Phi) is 5.86. The zero-order valence-corrected chi connectivity index (χ0v) is 27.9. The lowest BCUT2D eigenvalue weighted by atomic mass is 9.65. The van der Waals surface area contributed by atoms with Gasteiger partial charge in [-0.1, -0.05) is 182 Å². The molecule has 0 N–H and O–H groups in total. The molecule has 2 aliphatic carbocycles. The molecule has 1 nitrogen and oxygen atoms in total. The molecule has 51 heavy (non-hydrogen) atoms.